The molecule has 0 saturated heterocycles. The second-order valence-electron chi connectivity index (χ2n) is 31.8. The number of rotatable bonds is 9. The van der Waals surface area contributed by atoms with Crippen molar-refractivity contribution < 1.29 is 44.8 Å². The maximum Gasteiger partial charge on any atom is 0.295 e. The van der Waals surface area contributed by atoms with Crippen molar-refractivity contribution >= 4 is 82.0 Å². The molecule has 0 spiro atoms. The van der Waals surface area contributed by atoms with E-state index in [1.165, 1.54) is 177 Å². The molecule has 0 amide bonds. The van der Waals surface area contributed by atoms with Gasteiger partial charge in [-0.25, -0.2) is 4.57 Å². The molecule has 1 aliphatic heterocycles. The van der Waals surface area contributed by atoms with Gasteiger partial charge in [0, 0.05) is 96.7 Å². The van der Waals surface area contributed by atoms with Crippen LogP contribution in [0.3, 0.4) is 0 Å². The van der Waals surface area contributed by atoms with Gasteiger partial charge in [-0.15, -0.1) is 59.3 Å². The first-order valence-corrected chi connectivity index (χ1v) is 36.9. The van der Waals surface area contributed by atoms with E-state index >= 15 is 0 Å². The van der Waals surface area contributed by atoms with E-state index in [0.717, 1.165) is 41.5 Å². The minimum Gasteiger partial charge on any atom is -0.333 e. The molecule has 6 aromatic heterocycles. The SMILES string of the molecule is C.C.C.Cc1cc2c3cccc4c3c3n(c(-c5c(C(C)C)cc(-c6ccccc6)cc5C(C)C)c[n+]3C4)c2cc1C.Cc1ccc2c(c1)c1ccc[c-]c1c1ncc(-c3c(C(C)C)cc(C(C)C)cc3C(C)C)n21.Cc1cccc(C)c1-c1cnc2c3[c-]cccc3c3cc4c(cc3n12)CC(C)(C)C4.[Ir].[Ir]. The van der Waals surface area contributed by atoms with Crippen LogP contribution in [0.25, 0.3) is 127 Å². The van der Waals surface area contributed by atoms with E-state index in [-0.39, 0.29) is 62.5 Å². The first-order chi connectivity index (χ1) is 48.5. The molecule has 0 unspecified atom stereocenters. The van der Waals surface area contributed by atoms with Crippen LogP contribution in [0.5, 0.6) is 0 Å². The number of imidazole rings is 3. The largest absolute Gasteiger partial charge is 0.333 e. The van der Waals surface area contributed by atoms with Gasteiger partial charge in [-0.05, 0) is 190 Å². The quantitative estimate of drug-likeness (QED) is 0.0821. The molecular weight excluding hydrogens is 1650 g/mol. The third-order valence-corrected chi connectivity index (χ3v) is 22.3. The zero-order chi connectivity index (χ0) is 70.4. The number of hydrogen-bond donors (Lipinski definition) is 0. The topological polar surface area (TPSA) is 42.9 Å². The van der Waals surface area contributed by atoms with Crippen molar-refractivity contribution in [1.82, 2.24) is 23.2 Å². The average Bonchev–Trinajstić information content (AvgIpc) is 1.53. The monoisotopic (exact) mass is 1750 g/mol. The molecule has 10 aromatic carbocycles. The Morgan fingerprint density at radius 1 is 0.406 bits per heavy atom. The van der Waals surface area contributed by atoms with Crippen LogP contribution in [0.15, 0.2) is 188 Å². The second kappa shape index (κ2) is 30.1. The molecule has 2 aliphatic rings. The van der Waals surface area contributed by atoms with E-state index in [2.05, 4.69) is 318 Å². The van der Waals surface area contributed by atoms with Gasteiger partial charge in [0.1, 0.15) is 18.3 Å². The Bertz CT molecular complexity index is 5990. The average molecular weight is 1750 g/mol. The predicted octanol–water partition coefficient (Wildman–Crippen LogP) is 26.6. The molecule has 106 heavy (non-hydrogen) atoms. The summed E-state index contributed by atoms with van der Waals surface area (Å²) >= 11 is 0. The first-order valence-electron chi connectivity index (χ1n) is 36.9. The van der Waals surface area contributed by atoms with Gasteiger partial charge in [-0.1, -0.05) is 231 Å². The van der Waals surface area contributed by atoms with Gasteiger partial charge in [0.25, 0.3) is 5.65 Å². The van der Waals surface area contributed by atoms with E-state index in [0.29, 0.717) is 35.0 Å². The zero-order valence-corrected chi connectivity index (χ0v) is 67.5. The number of hydrogen-bond acceptors (Lipinski definition) is 2. The summed E-state index contributed by atoms with van der Waals surface area (Å²) in [5, 5.41) is 11.3. The Labute approximate surface area is 657 Å². The van der Waals surface area contributed by atoms with E-state index in [9.17, 15) is 0 Å². The van der Waals surface area contributed by atoms with Gasteiger partial charge in [-0.3, -0.25) is 9.97 Å². The van der Waals surface area contributed by atoms with Crippen molar-refractivity contribution in [2.24, 2.45) is 5.41 Å². The first kappa shape index (κ1) is 78.2. The molecule has 0 N–H and O–H groups in total. The molecule has 6 nitrogen and oxygen atoms in total. The van der Waals surface area contributed by atoms with Crippen molar-refractivity contribution in [2.45, 2.75) is 189 Å². The molecule has 0 bridgehead atoms. The van der Waals surface area contributed by atoms with Crippen molar-refractivity contribution in [3.05, 3.63) is 273 Å². The summed E-state index contributed by atoms with van der Waals surface area (Å²) in [6.45, 7) is 39.9. The fraction of sp³-hybridized carbons (Fsp3) is 0.296. The van der Waals surface area contributed by atoms with Gasteiger partial charge >= 0.3 is 0 Å². The number of nitrogens with zero attached hydrogens (tertiary/aromatic N) is 6. The predicted molar refractivity (Wildman–Crippen MR) is 447 cm³/mol. The van der Waals surface area contributed by atoms with E-state index in [1.54, 1.807) is 0 Å². The fourth-order valence-corrected chi connectivity index (χ4v) is 17.2. The summed E-state index contributed by atoms with van der Waals surface area (Å²) in [5.74, 6) is 2.14. The molecule has 1 aliphatic carbocycles. The summed E-state index contributed by atoms with van der Waals surface area (Å²) in [4.78, 5) is 9.90. The van der Waals surface area contributed by atoms with Crippen LogP contribution in [0.2, 0.25) is 0 Å². The van der Waals surface area contributed by atoms with Crippen LogP contribution in [-0.4, -0.2) is 23.2 Å². The Hall–Kier alpha value is -8.87. The fourth-order valence-electron chi connectivity index (χ4n) is 17.2. The summed E-state index contributed by atoms with van der Waals surface area (Å²) in [7, 11) is 0. The van der Waals surface area contributed by atoms with Crippen LogP contribution in [0.1, 0.15) is 207 Å². The van der Waals surface area contributed by atoms with E-state index < -0.39 is 0 Å². The summed E-state index contributed by atoms with van der Waals surface area (Å²) in [6.07, 6.45) is 8.82. The van der Waals surface area contributed by atoms with Crippen molar-refractivity contribution in [2.75, 3.05) is 0 Å². The van der Waals surface area contributed by atoms with Crippen LogP contribution >= 0.6 is 0 Å². The molecule has 0 saturated carbocycles. The Balaban J connectivity index is 0.000000156. The normalized spacial score (nSPS) is 12.8. The molecule has 0 atom stereocenters. The standard InChI is InChI=1S/C36H35N2.C31H33N2.C28H25N2.3CH4.2Ir/c1-21(2)29-17-27(25-11-8-7-9-12-25)18-30(22(3)4)35(29)33-20-37-19-26-13-10-14-28-31-15-23(5)24(6)16-32(31)38(33)36(37)34(26)28;1-18(2)22-15-25(19(3)4)30(26(16-22)20(5)6)29-17-32-31-24-11-9-8-10-23(24)27-14-21(7)12-13-28(27)33(29)31;1-17-8-7-9-18(2)26(17)25-16-29-27-22-11-6-5-10-21(22)23-12-19-14-28(3,4)15-20(19)13-24(23)30(25)27;;;;;/h7-18,20-22H,19H2,1-6H3;8-10,12-20H,1-7H3;5-10,12-13,16H,14-15H2,1-4H3;3*1H4;;/q+1;2*-1;;;;;. The van der Waals surface area contributed by atoms with Gasteiger partial charge in [0.2, 0.25) is 0 Å². The molecule has 2 radical (unpaired) electrons. The molecule has 7 heterocycles. The molecule has 18 rings (SSSR count). The molecule has 16 aromatic rings. The number of aryl methyl sites for hydroxylation is 5. The number of fused-ring (bicyclic) bond motifs is 16. The van der Waals surface area contributed by atoms with Gasteiger partial charge in [0.05, 0.1) is 28.1 Å². The summed E-state index contributed by atoms with van der Waals surface area (Å²) < 4.78 is 9.81. The minimum absolute atomic E-state index is 0. The van der Waals surface area contributed by atoms with Crippen molar-refractivity contribution in [1.29, 1.82) is 0 Å². The smallest absolute Gasteiger partial charge is 0.295 e. The second-order valence-corrected chi connectivity index (χ2v) is 31.8. The minimum atomic E-state index is 0. The van der Waals surface area contributed by atoms with Crippen LogP contribution < -0.4 is 4.57 Å². The summed E-state index contributed by atoms with van der Waals surface area (Å²) in [5.41, 5.74) is 35.7. The van der Waals surface area contributed by atoms with Crippen molar-refractivity contribution in [3.8, 4) is 44.9 Å². The number of pyridine rings is 3. The Kier molecular flexibility index (Phi) is 22.2. The number of benzene rings is 10. The molecule has 8 heteroatoms. The number of aromatic nitrogens is 6. The Morgan fingerprint density at radius 3 is 1.47 bits per heavy atom. The third kappa shape index (κ3) is 13.1. The van der Waals surface area contributed by atoms with Crippen LogP contribution in [0.4, 0.5) is 0 Å². The van der Waals surface area contributed by atoms with Crippen molar-refractivity contribution in [3.63, 3.8) is 0 Å². The molecule has 546 valence electrons. The van der Waals surface area contributed by atoms with E-state index in [4.69, 9.17) is 9.97 Å². The maximum atomic E-state index is 4.99. The van der Waals surface area contributed by atoms with Gasteiger partial charge in [-0.2, -0.15) is 4.40 Å². The van der Waals surface area contributed by atoms with Gasteiger partial charge in [0.15, 0.2) is 5.69 Å². The summed E-state index contributed by atoms with van der Waals surface area (Å²) in [6, 6.07) is 69.9. The third-order valence-electron chi connectivity index (χ3n) is 22.3. The van der Waals surface area contributed by atoms with E-state index in [1.807, 2.05) is 18.3 Å². The zero-order valence-electron chi connectivity index (χ0n) is 62.8. The Morgan fingerprint density at radius 2 is 0.896 bits per heavy atom. The van der Waals surface area contributed by atoms with Gasteiger partial charge < -0.3 is 8.80 Å². The van der Waals surface area contributed by atoms with Crippen LogP contribution in [-0.2, 0) is 59.6 Å². The molecule has 0 fully saturated rings. The molecular formula is C98H105Ir2N6-. The van der Waals surface area contributed by atoms with Crippen LogP contribution in [0, 0.1) is 52.2 Å². The maximum absolute atomic E-state index is 4.99.